The summed E-state index contributed by atoms with van der Waals surface area (Å²) >= 11 is 0. The van der Waals surface area contributed by atoms with Crippen LogP contribution in [0.3, 0.4) is 0 Å². The number of aliphatic hydroxyl groups is 16. The first-order valence-corrected chi connectivity index (χ1v) is 10.7. The summed E-state index contributed by atoms with van der Waals surface area (Å²) < 4.78 is 0. The molecule has 0 aromatic rings. The molecule has 0 saturated heterocycles. The standard InChI is InChI=1S/4C5H12O4.4ClH/c4*6-1-5(2-7,3-8)4-9;;;;/h4*6-9H,1-4H2;4*1H. The van der Waals surface area contributed by atoms with E-state index in [9.17, 15) is 0 Å². The van der Waals surface area contributed by atoms with Gasteiger partial charge in [0.05, 0.1) is 127 Å². The molecule has 0 rings (SSSR count). The van der Waals surface area contributed by atoms with E-state index in [1.54, 1.807) is 0 Å². The Morgan fingerprint density at radius 2 is 0.225 bits per heavy atom. The molecule has 0 heterocycles. The van der Waals surface area contributed by atoms with Crippen LogP contribution in [-0.4, -0.2) is 187 Å². The zero-order chi connectivity index (χ0) is 29.3. The molecule has 0 unspecified atom stereocenters. The molecule has 0 aliphatic heterocycles. The highest BCUT2D eigenvalue weighted by Crippen LogP contribution is 2.13. The summed E-state index contributed by atoms with van der Waals surface area (Å²) in [7, 11) is 0. The van der Waals surface area contributed by atoms with E-state index in [-0.39, 0.29) is 49.6 Å². The highest BCUT2D eigenvalue weighted by molar-refractivity contribution is 5.86. The van der Waals surface area contributed by atoms with E-state index in [1.165, 1.54) is 0 Å². The van der Waals surface area contributed by atoms with Gasteiger partial charge in [-0.3, -0.25) is 0 Å². The first-order valence-electron chi connectivity index (χ1n) is 10.7. The lowest BCUT2D eigenvalue weighted by atomic mass is 9.93. The topological polar surface area (TPSA) is 324 Å². The van der Waals surface area contributed by atoms with Crippen LogP contribution < -0.4 is 0 Å². The summed E-state index contributed by atoms with van der Waals surface area (Å²) in [6.07, 6.45) is 0. The van der Waals surface area contributed by atoms with Crippen LogP contribution >= 0.6 is 49.6 Å². The summed E-state index contributed by atoms with van der Waals surface area (Å²) in [5, 5.41) is 136. The van der Waals surface area contributed by atoms with Crippen molar-refractivity contribution in [2.75, 3.05) is 106 Å². The molecule has 0 spiro atoms. The lowest BCUT2D eigenvalue weighted by Crippen LogP contribution is -2.37. The van der Waals surface area contributed by atoms with Crippen LogP contribution in [-0.2, 0) is 0 Å². The molecule has 0 aliphatic rings. The summed E-state index contributed by atoms with van der Waals surface area (Å²) in [6.45, 7) is -6.50. The second-order valence-electron chi connectivity index (χ2n) is 8.53. The van der Waals surface area contributed by atoms with Gasteiger partial charge in [0.25, 0.3) is 0 Å². The maximum absolute atomic E-state index is 8.50. The molecular weight excluding hydrogens is 638 g/mol. The summed E-state index contributed by atoms with van der Waals surface area (Å²) in [5.41, 5.74) is -4.44. The average Bonchev–Trinajstić information content (AvgIpc) is 2.96. The van der Waals surface area contributed by atoms with Crippen molar-refractivity contribution in [2.45, 2.75) is 0 Å². The fourth-order valence-corrected chi connectivity index (χ4v) is 1.20. The van der Waals surface area contributed by atoms with E-state index >= 15 is 0 Å². The predicted molar refractivity (Wildman–Crippen MR) is 152 cm³/mol. The quantitative estimate of drug-likeness (QED) is 0.0716. The van der Waals surface area contributed by atoms with Crippen molar-refractivity contribution >= 4 is 49.6 Å². The largest absolute Gasteiger partial charge is 0.396 e. The first-order chi connectivity index (χ1) is 17.0. The minimum atomic E-state index is -1.11. The van der Waals surface area contributed by atoms with Crippen molar-refractivity contribution in [3.8, 4) is 0 Å². The van der Waals surface area contributed by atoms with Gasteiger partial charge < -0.3 is 81.7 Å². The Balaban J connectivity index is -0.0000000551. The van der Waals surface area contributed by atoms with Crippen molar-refractivity contribution < 1.29 is 81.7 Å². The van der Waals surface area contributed by atoms with Gasteiger partial charge in [-0.05, 0) is 0 Å². The van der Waals surface area contributed by atoms with E-state index in [4.69, 9.17) is 81.7 Å². The molecule has 40 heavy (non-hydrogen) atoms. The second kappa shape index (κ2) is 35.7. The Morgan fingerprint density at radius 1 is 0.175 bits per heavy atom. The fraction of sp³-hybridized carbons (Fsp3) is 1.00. The molecule has 0 atom stereocenters. The maximum Gasteiger partial charge on any atom is 0.0627 e. The Morgan fingerprint density at radius 3 is 0.225 bits per heavy atom. The molecule has 16 N–H and O–H groups in total. The van der Waals surface area contributed by atoms with Crippen molar-refractivity contribution in [1.29, 1.82) is 0 Å². The molecule has 20 heteroatoms. The highest BCUT2D eigenvalue weighted by Gasteiger charge is 2.28. The fourth-order valence-electron chi connectivity index (χ4n) is 1.20. The van der Waals surface area contributed by atoms with Gasteiger partial charge in [-0.15, -0.1) is 49.6 Å². The van der Waals surface area contributed by atoms with Crippen molar-refractivity contribution in [2.24, 2.45) is 21.7 Å². The molecule has 0 aromatic carbocycles. The SMILES string of the molecule is Cl.Cl.Cl.Cl.OCC(CO)(CO)CO.OCC(CO)(CO)CO.OCC(CO)(CO)CO.OCC(CO)(CO)CO. The number of hydrogen-bond acceptors (Lipinski definition) is 16. The summed E-state index contributed by atoms with van der Waals surface area (Å²) in [4.78, 5) is 0. The van der Waals surface area contributed by atoms with Crippen molar-refractivity contribution in [3.63, 3.8) is 0 Å². The van der Waals surface area contributed by atoms with Gasteiger partial charge in [0.1, 0.15) is 0 Å². The summed E-state index contributed by atoms with van der Waals surface area (Å²) in [6, 6.07) is 0. The number of halogens is 4. The van der Waals surface area contributed by atoms with Crippen LogP contribution in [0.15, 0.2) is 0 Å². The normalized spacial score (nSPS) is 10.8. The molecule has 0 fully saturated rings. The van der Waals surface area contributed by atoms with Gasteiger partial charge in [-0.2, -0.15) is 0 Å². The predicted octanol–water partition coefficient (Wildman–Crippen LogP) is -6.54. The Kier molecular flexibility index (Phi) is 53.4. The lowest BCUT2D eigenvalue weighted by Gasteiger charge is -2.23. The molecule has 0 saturated carbocycles. The van der Waals surface area contributed by atoms with Crippen LogP contribution in [0.25, 0.3) is 0 Å². The Bertz CT molecular complexity index is 306. The molecule has 0 aliphatic carbocycles. The van der Waals surface area contributed by atoms with Gasteiger partial charge in [0, 0.05) is 0 Å². The van der Waals surface area contributed by atoms with Crippen LogP contribution in [0.2, 0.25) is 0 Å². The van der Waals surface area contributed by atoms with Gasteiger partial charge in [0.2, 0.25) is 0 Å². The summed E-state index contributed by atoms with van der Waals surface area (Å²) in [5.74, 6) is 0. The molecule has 256 valence electrons. The third-order valence-corrected chi connectivity index (χ3v) is 5.37. The molecule has 0 bridgehead atoms. The van der Waals surface area contributed by atoms with E-state index in [1.807, 2.05) is 0 Å². The molecule has 0 radical (unpaired) electrons. The molecular formula is C20H52Cl4O16. The Hall–Kier alpha value is 0.520. The number of hydrogen-bond donors (Lipinski definition) is 16. The van der Waals surface area contributed by atoms with Crippen LogP contribution in [0.4, 0.5) is 0 Å². The maximum atomic E-state index is 8.50. The molecule has 16 nitrogen and oxygen atoms in total. The molecule has 0 aromatic heterocycles. The van der Waals surface area contributed by atoms with E-state index in [0.29, 0.717) is 0 Å². The Labute approximate surface area is 258 Å². The zero-order valence-corrected chi connectivity index (χ0v) is 25.4. The second-order valence-corrected chi connectivity index (χ2v) is 8.53. The molecule has 0 amide bonds. The van der Waals surface area contributed by atoms with Gasteiger partial charge >= 0.3 is 0 Å². The zero-order valence-electron chi connectivity index (χ0n) is 22.1. The van der Waals surface area contributed by atoms with Gasteiger partial charge in [-0.25, -0.2) is 0 Å². The van der Waals surface area contributed by atoms with E-state index < -0.39 is 127 Å². The van der Waals surface area contributed by atoms with E-state index in [2.05, 4.69) is 0 Å². The minimum Gasteiger partial charge on any atom is -0.396 e. The minimum absolute atomic E-state index is 0. The van der Waals surface area contributed by atoms with Crippen molar-refractivity contribution in [1.82, 2.24) is 0 Å². The third-order valence-electron chi connectivity index (χ3n) is 5.37. The van der Waals surface area contributed by atoms with Crippen LogP contribution in [0, 0.1) is 21.7 Å². The van der Waals surface area contributed by atoms with E-state index in [0.717, 1.165) is 0 Å². The first kappa shape index (κ1) is 59.8. The lowest BCUT2D eigenvalue weighted by molar-refractivity contribution is -0.0332. The highest BCUT2D eigenvalue weighted by atomic mass is 35.5. The van der Waals surface area contributed by atoms with Crippen LogP contribution in [0.1, 0.15) is 0 Å². The van der Waals surface area contributed by atoms with Gasteiger partial charge in [0.15, 0.2) is 0 Å². The average molecular weight is 690 g/mol. The van der Waals surface area contributed by atoms with Gasteiger partial charge in [-0.1, -0.05) is 0 Å². The monoisotopic (exact) mass is 688 g/mol. The van der Waals surface area contributed by atoms with Crippen LogP contribution in [0.5, 0.6) is 0 Å². The van der Waals surface area contributed by atoms with Crippen molar-refractivity contribution in [3.05, 3.63) is 0 Å². The third kappa shape index (κ3) is 23.0. The number of aliphatic hydroxyl groups excluding tert-OH is 16. The number of rotatable bonds is 16. The smallest absolute Gasteiger partial charge is 0.0627 e.